The predicted molar refractivity (Wildman–Crippen MR) is 128 cm³/mol. The Labute approximate surface area is 206 Å². The Balaban J connectivity index is 0.000000353. The second-order valence-corrected chi connectivity index (χ2v) is 9.19. The van der Waals surface area contributed by atoms with E-state index in [1.807, 2.05) is 29.3 Å². The number of carbonyl (C=O) groups is 3. The minimum absolute atomic E-state index is 0.204. The summed E-state index contributed by atoms with van der Waals surface area (Å²) in [4.78, 5) is 46.9. The van der Waals surface area contributed by atoms with Crippen LogP contribution in [0.15, 0.2) is 36.8 Å². The number of aromatic nitrogens is 4. The molecule has 3 aromatic heterocycles. The predicted octanol–water partition coefficient (Wildman–Crippen LogP) is 0.969. The second kappa shape index (κ2) is 9.10. The molecule has 6 heterocycles. The van der Waals surface area contributed by atoms with Crippen molar-refractivity contribution < 1.29 is 19.1 Å². The molecule has 4 fully saturated rings. The highest BCUT2D eigenvalue weighted by Crippen LogP contribution is 2.35. The third-order valence-electron chi connectivity index (χ3n) is 6.62. The molecule has 3 aromatic rings. The Kier molecular flexibility index (Phi) is 5.62. The van der Waals surface area contributed by atoms with Crippen molar-refractivity contribution in [2.45, 2.75) is 37.8 Å². The molecule has 1 atom stereocenters. The van der Waals surface area contributed by atoms with Crippen LogP contribution >= 0.6 is 0 Å². The molecular weight excluding hydrogens is 464 g/mol. The lowest BCUT2D eigenvalue weighted by Gasteiger charge is -2.36. The third kappa shape index (κ3) is 4.30. The van der Waals surface area contributed by atoms with Crippen molar-refractivity contribution in [3.8, 4) is 17.0 Å². The van der Waals surface area contributed by atoms with Crippen LogP contribution in [-0.2, 0) is 9.59 Å². The van der Waals surface area contributed by atoms with Gasteiger partial charge in [0.25, 0.3) is 5.91 Å². The average molecular weight is 491 g/mol. The van der Waals surface area contributed by atoms with Gasteiger partial charge in [-0.2, -0.15) is 5.10 Å². The maximum absolute atomic E-state index is 12.1. The quantitative estimate of drug-likeness (QED) is 0.517. The fourth-order valence-corrected chi connectivity index (χ4v) is 4.54. The fourth-order valence-electron chi connectivity index (χ4n) is 4.54. The molecule has 1 saturated carbocycles. The molecule has 2 N–H and O–H groups in total. The van der Waals surface area contributed by atoms with Gasteiger partial charge < -0.3 is 19.9 Å². The molecule has 1 unspecified atom stereocenters. The number of urea groups is 1. The number of hydrogen-bond acceptors (Lipinski definition) is 8. The first-order chi connectivity index (χ1) is 17.6. The molecule has 4 aliphatic rings. The van der Waals surface area contributed by atoms with Crippen molar-refractivity contribution in [1.29, 1.82) is 0 Å². The van der Waals surface area contributed by atoms with Gasteiger partial charge in [-0.1, -0.05) is 0 Å². The normalized spacial score (nSPS) is 21.1. The van der Waals surface area contributed by atoms with Crippen LogP contribution in [0.5, 0.6) is 5.88 Å². The van der Waals surface area contributed by atoms with Crippen molar-refractivity contribution in [2.24, 2.45) is 0 Å². The third-order valence-corrected chi connectivity index (χ3v) is 6.62. The minimum Gasteiger partial charge on any atom is -0.474 e. The number of anilines is 1. The number of fused-ring (bicyclic) bond motifs is 2. The average Bonchev–Trinajstić information content (AvgIpc) is 3.27. The summed E-state index contributed by atoms with van der Waals surface area (Å²) < 4.78 is 7.69. The van der Waals surface area contributed by atoms with E-state index >= 15 is 0 Å². The van der Waals surface area contributed by atoms with Gasteiger partial charge in [-0.25, -0.2) is 19.3 Å². The summed E-state index contributed by atoms with van der Waals surface area (Å²) in [6, 6.07) is 4.91. The molecule has 12 heteroatoms. The highest BCUT2D eigenvalue weighted by atomic mass is 16.5. The molecule has 7 rings (SSSR count). The van der Waals surface area contributed by atoms with Gasteiger partial charge >= 0.3 is 6.03 Å². The van der Waals surface area contributed by atoms with E-state index in [-0.39, 0.29) is 23.9 Å². The molecule has 3 aliphatic heterocycles. The number of amides is 4. The van der Waals surface area contributed by atoms with E-state index in [4.69, 9.17) is 9.72 Å². The van der Waals surface area contributed by atoms with Crippen molar-refractivity contribution in [3.63, 3.8) is 0 Å². The van der Waals surface area contributed by atoms with Crippen molar-refractivity contribution in [2.75, 3.05) is 31.1 Å². The standard InChI is InChI=1S/C20H19N7O3.C4H7NO/c28-18-15-11-25(8-9-26(15)20(29)24-18)16-5-7-27-17(23-16)14(10-22-27)13-2-1-6-21-19(13)30-12-3-4-12;6-4-2-1-3-5-4/h1-2,5-7,10,12,15H,3-4,8-9,11H2,(H,24,28,29);1-3H2,(H,5,6). The minimum atomic E-state index is -0.481. The maximum Gasteiger partial charge on any atom is 0.324 e. The molecular formula is C24H26N8O4. The molecule has 186 valence electrons. The van der Waals surface area contributed by atoms with Gasteiger partial charge in [0.05, 0.1) is 11.8 Å². The van der Waals surface area contributed by atoms with Crippen LogP contribution in [-0.4, -0.2) is 80.7 Å². The first-order valence-electron chi connectivity index (χ1n) is 12.2. The number of imide groups is 1. The summed E-state index contributed by atoms with van der Waals surface area (Å²) in [6.45, 7) is 2.38. The lowest BCUT2D eigenvalue weighted by molar-refractivity contribution is -0.121. The first kappa shape index (κ1) is 22.3. The van der Waals surface area contributed by atoms with Gasteiger partial charge in [0.2, 0.25) is 11.8 Å². The van der Waals surface area contributed by atoms with Crippen LogP contribution in [0.25, 0.3) is 16.8 Å². The SMILES string of the molecule is O=C1CCCN1.O=C1NC(=O)N2CCN(c3ccn4ncc(-c5cccnc5OC5CC5)c4n3)CC12. The number of hydrogen-bond donors (Lipinski definition) is 2. The first-order valence-corrected chi connectivity index (χ1v) is 12.2. The molecule has 36 heavy (non-hydrogen) atoms. The lowest BCUT2D eigenvalue weighted by Crippen LogP contribution is -2.53. The number of piperazine rings is 1. The Morgan fingerprint density at radius 1 is 1.08 bits per heavy atom. The smallest absolute Gasteiger partial charge is 0.324 e. The van der Waals surface area contributed by atoms with Crippen LogP contribution in [0, 0.1) is 0 Å². The topological polar surface area (TPSA) is 134 Å². The maximum atomic E-state index is 12.1. The van der Waals surface area contributed by atoms with E-state index in [2.05, 4.69) is 20.7 Å². The van der Waals surface area contributed by atoms with Gasteiger partial charge in [-0.15, -0.1) is 0 Å². The van der Waals surface area contributed by atoms with Gasteiger partial charge in [-0.05, 0) is 37.5 Å². The molecule has 0 aromatic carbocycles. The molecule has 3 saturated heterocycles. The van der Waals surface area contributed by atoms with E-state index in [0.29, 0.717) is 31.2 Å². The number of nitrogens with zero attached hydrogens (tertiary/aromatic N) is 6. The van der Waals surface area contributed by atoms with Gasteiger partial charge in [0, 0.05) is 50.6 Å². The molecule has 0 bridgehead atoms. The Bertz CT molecular complexity index is 1330. The van der Waals surface area contributed by atoms with Gasteiger partial charge in [-0.3, -0.25) is 14.9 Å². The Morgan fingerprint density at radius 2 is 1.97 bits per heavy atom. The highest BCUT2D eigenvalue weighted by molar-refractivity contribution is 6.04. The van der Waals surface area contributed by atoms with Crippen LogP contribution in [0.2, 0.25) is 0 Å². The summed E-state index contributed by atoms with van der Waals surface area (Å²) in [7, 11) is 0. The molecule has 4 amide bonds. The number of nitrogens with one attached hydrogen (secondary N) is 2. The van der Waals surface area contributed by atoms with Crippen molar-refractivity contribution in [1.82, 2.24) is 35.1 Å². The van der Waals surface area contributed by atoms with Crippen LogP contribution < -0.4 is 20.3 Å². The van der Waals surface area contributed by atoms with Gasteiger partial charge in [0.15, 0.2) is 5.65 Å². The summed E-state index contributed by atoms with van der Waals surface area (Å²) in [6.07, 6.45) is 9.44. The number of pyridine rings is 1. The van der Waals surface area contributed by atoms with Crippen LogP contribution in [0.1, 0.15) is 25.7 Å². The zero-order chi connectivity index (χ0) is 24.6. The van der Waals surface area contributed by atoms with E-state index in [9.17, 15) is 14.4 Å². The van der Waals surface area contributed by atoms with E-state index in [0.717, 1.165) is 49.2 Å². The van der Waals surface area contributed by atoms with Crippen LogP contribution in [0.4, 0.5) is 10.6 Å². The van der Waals surface area contributed by atoms with Crippen molar-refractivity contribution in [3.05, 3.63) is 36.8 Å². The summed E-state index contributed by atoms with van der Waals surface area (Å²) in [5, 5.41) is 9.49. The van der Waals surface area contributed by atoms with Gasteiger partial charge in [0.1, 0.15) is 18.0 Å². The molecule has 0 radical (unpaired) electrons. The fraction of sp³-hybridized carbons (Fsp3) is 0.417. The summed E-state index contributed by atoms with van der Waals surface area (Å²) in [5.41, 5.74) is 2.39. The molecule has 0 spiro atoms. The largest absolute Gasteiger partial charge is 0.474 e. The summed E-state index contributed by atoms with van der Waals surface area (Å²) in [5.74, 6) is 1.28. The lowest BCUT2D eigenvalue weighted by atomic mass is 10.1. The Morgan fingerprint density at radius 3 is 2.72 bits per heavy atom. The van der Waals surface area contributed by atoms with E-state index < -0.39 is 6.04 Å². The zero-order valence-corrected chi connectivity index (χ0v) is 19.6. The Hall–Kier alpha value is -4.22. The molecule has 12 nitrogen and oxygen atoms in total. The molecule has 1 aliphatic carbocycles. The second-order valence-electron chi connectivity index (χ2n) is 9.19. The highest BCUT2D eigenvalue weighted by Gasteiger charge is 2.42. The zero-order valence-electron chi connectivity index (χ0n) is 19.6. The number of carbonyl (C=O) groups excluding carboxylic acids is 3. The monoisotopic (exact) mass is 490 g/mol. The summed E-state index contributed by atoms with van der Waals surface area (Å²) >= 11 is 0. The van der Waals surface area contributed by atoms with E-state index in [1.165, 1.54) is 0 Å². The van der Waals surface area contributed by atoms with Crippen LogP contribution in [0.3, 0.4) is 0 Å². The number of ether oxygens (including phenoxy) is 1. The van der Waals surface area contributed by atoms with Crippen molar-refractivity contribution >= 4 is 29.3 Å². The van der Waals surface area contributed by atoms with E-state index in [1.54, 1.807) is 21.8 Å². The number of rotatable bonds is 4.